The maximum Gasteiger partial charge on any atom is 0.416 e. The molecule has 38 heavy (non-hydrogen) atoms. The average Bonchev–Trinajstić information content (AvgIpc) is 3.41. The number of carboxylic acid groups (broad SMARTS) is 1. The van der Waals surface area contributed by atoms with E-state index in [9.17, 15) is 22.8 Å². The van der Waals surface area contributed by atoms with Crippen molar-refractivity contribution in [3.8, 4) is 11.1 Å². The van der Waals surface area contributed by atoms with E-state index in [1.165, 1.54) is 29.3 Å². The number of carbonyl (C=O) groups is 2. The van der Waals surface area contributed by atoms with E-state index in [1.807, 2.05) is 40.6 Å². The highest BCUT2D eigenvalue weighted by molar-refractivity contribution is 7.10. The van der Waals surface area contributed by atoms with Crippen molar-refractivity contribution in [1.82, 2.24) is 4.90 Å². The van der Waals surface area contributed by atoms with Gasteiger partial charge in [-0.25, -0.2) is 4.79 Å². The van der Waals surface area contributed by atoms with Crippen molar-refractivity contribution in [3.05, 3.63) is 111 Å². The second-order valence-electron chi connectivity index (χ2n) is 8.78. The van der Waals surface area contributed by atoms with E-state index in [1.54, 1.807) is 29.5 Å². The molecule has 0 fully saturated rings. The first-order chi connectivity index (χ1) is 18.1. The molecule has 5 rings (SSSR count). The molecule has 5 nitrogen and oxygen atoms in total. The van der Waals surface area contributed by atoms with Crippen molar-refractivity contribution < 1.29 is 27.9 Å². The summed E-state index contributed by atoms with van der Waals surface area (Å²) in [6.45, 7) is 1.50. The molecule has 3 N–H and O–H groups in total. The molecular weight excluding hydrogens is 513 g/mol. The Kier molecular flexibility index (Phi) is 8.16. The van der Waals surface area contributed by atoms with Crippen LogP contribution in [0.2, 0.25) is 0 Å². The highest BCUT2D eigenvalue weighted by atomic mass is 32.1. The highest BCUT2D eigenvalue weighted by Crippen LogP contribution is 2.32. The number of carbonyl (C=O) groups excluding carboxylic acids is 1. The Morgan fingerprint density at radius 2 is 1.68 bits per heavy atom. The number of alkyl halides is 3. The Labute approximate surface area is 222 Å². The van der Waals surface area contributed by atoms with Crippen LogP contribution >= 0.6 is 11.3 Å². The summed E-state index contributed by atoms with van der Waals surface area (Å²) in [6.07, 6.45) is -2.98. The SMILES string of the molecule is Nc1ccc2c(c1)CCN(C(=O)Cc1cccs1)C2.O=C(O)c1ccccc1-c1ccc(C(F)(F)F)cc1. The van der Waals surface area contributed by atoms with Crippen molar-refractivity contribution in [2.75, 3.05) is 12.3 Å². The third-order valence-electron chi connectivity index (χ3n) is 6.18. The first-order valence-corrected chi connectivity index (χ1v) is 12.7. The van der Waals surface area contributed by atoms with Crippen molar-refractivity contribution in [2.24, 2.45) is 0 Å². The lowest BCUT2D eigenvalue weighted by Crippen LogP contribution is -2.36. The van der Waals surface area contributed by atoms with E-state index in [4.69, 9.17) is 10.8 Å². The largest absolute Gasteiger partial charge is 0.478 e. The predicted octanol–water partition coefficient (Wildman–Crippen LogP) is 6.53. The van der Waals surface area contributed by atoms with Crippen molar-refractivity contribution in [1.29, 1.82) is 0 Å². The van der Waals surface area contributed by atoms with E-state index >= 15 is 0 Å². The molecule has 2 heterocycles. The molecule has 9 heteroatoms. The number of amides is 1. The van der Waals surface area contributed by atoms with Gasteiger partial charge in [0.15, 0.2) is 0 Å². The van der Waals surface area contributed by atoms with Crippen molar-refractivity contribution >= 4 is 28.9 Å². The van der Waals surface area contributed by atoms with Gasteiger partial charge >= 0.3 is 12.1 Å². The van der Waals surface area contributed by atoms with Crippen LogP contribution in [0.3, 0.4) is 0 Å². The third-order valence-corrected chi connectivity index (χ3v) is 7.06. The second-order valence-corrected chi connectivity index (χ2v) is 9.81. The van der Waals surface area contributed by atoms with Crippen LogP contribution in [0.5, 0.6) is 0 Å². The summed E-state index contributed by atoms with van der Waals surface area (Å²) < 4.78 is 37.3. The molecule has 4 aromatic rings. The van der Waals surface area contributed by atoms with Crippen LogP contribution < -0.4 is 5.73 Å². The second kappa shape index (κ2) is 11.5. The number of halogens is 3. The smallest absolute Gasteiger partial charge is 0.416 e. The number of benzene rings is 3. The molecule has 1 aliphatic rings. The Morgan fingerprint density at radius 3 is 2.34 bits per heavy atom. The van der Waals surface area contributed by atoms with Crippen LogP contribution in [0.1, 0.15) is 31.9 Å². The Bertz CT molecular complexity index is 1420. The Hall–Kier alpha value is -4.11. The monoisotopic (exact) mass is 538 g/mol. The summed E-state index contributed by atoms with van der Waals surface area (Å²) in [6, 6.07) is 20.6. The minimum atomic E-state index is -4.40. The van der Waals surface area contributed by atoms with Crippen LogP contribution in [-0.2, 0) is 30.4 Å². The van der Waals surface area contributed by atoms with Gasteiger partial charge in [-0.2, -0.15) is 13.2 Å². The maximum absolute atomic E-state index is 12.4. The fraction of sp³-hybridized carbons (Fsp3) is 0.172. The normalized spacial score (nSPS) is 12.8. The zero-order chi connectivity index (χ0) is 27.3. The summed E-state index contributed by atoms with van der Waals surface area (Å²) in [5.74, 6) is -0.902. The molecule has 0 unspecified atom stereocenters. The number of fused-ring (bicyclic) bond motifs is 1. The fourth-order valence-electron chi connectivity index (χ4n) is 4.22. The van der Waals surface area contributed by atoms with Gasteiger partial charge in [0.2, 0.25) is 5.91 Å². The lowest BCUT2D eigenvalue weighted by molar-refractivity contribution is -0.137. The number of carboxylic acids is 1. The lowest BCUT2D eigenvalue weighted by Gasteiger charge is -2.29. The van der Waals surface area contributed by atoms with Gasteiger partial charge in [0.1, 0.15) is 0 Å². The summed E-state index contributed by atoms with van der Waals surface area (Å²) in [7, 11) is 0. The van der Waals surface area contributed by atoms with Gasteiger partial charge in [0, 0.05) is 23.7 Å². The fourth-order valence-corrected chi connectivity index (χ4v) is 4.92. The van der Waals surface area contributed by atoms with E-state index in [0.29, 0.717) is 24.1 Å². The quantitative estimate of drug-likeness (QED) is 0.290. The summed E-state index contributed by atoms with van der Waals surface area (Å²) in [5.41, 5.74) is 9.22. The Balaban J connectivity index is 0.000000177. The van der Waals surface area contributed by atoms with Crippen LogP contribution in [0.25, 0.3) is 11.1 Å². The van der Waals surface area contributed by atoms with Crippen LogP contribution in [-0.4, -0.2) is 28.4 Å². The topological polar surface area (TPSA) is 83.6 Å². The van der Waals surface area contributed by atoms with E-state index in [-0.39, 0.29) is 11.5 Å². The molecule has 0 atom stereocenters. The predicted molar refractivity (Wildman–Crippen MR) is 142 cm³/mol. The number of hydrogen-bond acceptors (Lipinski definition) is 4. The van der Waals surface area contributed by atoms with E-state index in [0.717, 1.165) is 35.7 Å². The Morgan fingerprint density at radius 1 is 0.947 bits per heavy atom. The molecule has 196 valence electrons. The number of nitrogens with two attached hydrogens (primary N) is 1. The number of rotatable bonds is 4. The molecule has 1 aromatic heterocycles. The summed E-state index contributed by atoms with van der Waals surface area (Å²) in [4.78, 5) is 26.4. The number of thiophene rings is 1. The van der Waals surface area contributed by atoms with Gasteiger partial charge in [-0.15, -0.1) is 11.3 Å². The van der Waals surface area contributed by atoms with Crippen LogP contribution in [0, 0.1) is 0 Å². The van der Waals surface area contributed by atoms with E-state index in [2.05, 4.69) is 0 Å². The lowest BCUT2D eigenvalue weighted by atomic mass is 9.99. The van der Waals surface area contributed by atoms with Gasteiger partial charge in [0.05, 0.1) is 17.5 Å². The van der Waals surface area contributed by atoms with Crippen molar-refractivity contribution in [2.45, 2.75) is 25.6 Å². The number of aromatic carboxylic acids is 1. The number of hydrogen-bond donors (Lipinski definition) is 2. The van der Waals surface area contributed by atoms with Gasteiger partial charge in [-0.1, -0.05) is 42.5 Å². The molecule has 0 bridgehead atoms. The molecule has 0 radical (unpaired) electrons. The molecule has 0 aliphatic carbocycles. The first-order valence-electron chi connectivity index (χ1n) is 11.8. The minimum absolute atomic E-state index is 0.0576. The highest BCUT2D eigenvalue weighted by Gasteiger charge is 2.30. The minimum Gasteiger partial charge on any atom is -0.478 e. The zero-order valence-corrected chi connectivity index (χ0v) is 21.1. The number of nitrogen functional groups attached to an aromatic ring is 1. The molecule has 1 aliphatic heterocycles. The van der Waals surface area contributed by atoms with E-state index < -0.39 is 17.7 Å². The van der Waals surface area contributed by atoms with Gasteiger partial charge in [-0.05, 0) is 70.5 Å². The average molecular weight is 539 g/mol. The molecule has 3 aromatic carbocycles. The van der Waals surface area contributed by atoms with Gasteiger partial charge in [-0.3, -0.25) is 4.79 Å². The zero-order valence-electron chi connectivity index (χ0n) is 20.2. The maximum atomic E-state index is 12.4. The summed E-state index contributed by atoms with van der Waals surface area (Å²) >= 11 is 1.64. The number of anilines is 1. The molecule has 0 spiro atoms. The summed E-state index contributed by atoms with van der Waals surface area (Å²) in [5, 5.41) is 11.0. The standard InChI is InChI=1S/C15H16N2OS.C14H9F3O2/c16-13-4-3-12-10-17(6-5-11(12)8-13)15(18)9-14-2-1-7-19-14;15-14(16,17)10-7-5-9(6-8-10)11-3-1-2-4-12(11)13(18)19/h1-4,7-8H,5-6,9-10,16H2;1-8H,(H,18,19). The number of nitrogens with zero attached hydrogens (tertiary/aromatic N) is 1. The van der Waals surface area contributed by atoms with Gasteiger partial charge < -0.3 is 15.7 Å². The van der Waals surface area contributed by atoms with Crippen molar-refractivity contribution in [3.63, 3.8) is 0 Å². The molecule has 1 amide bonds. The first kappa shape index (κ1) is 26.9. The third kappa shape index (κ3) is 6.60. The van der Waals surface area contributed by atoms with Crippen LogP contribution in [0.4, 0.5) is 18.9 Å². The molecular formula is C29H25F3N2O3S. The molecule has 0 saturated carbocycles. The van der Waals surface area contributed by atoms with Gasteiger partial charge in [0.25, 0.3) is 0 Å². The molecule has 0 saturated heterocycles. The van der Waals surface area contributed by atoms with Crippen LogP contribution in [0.15, 0.2) is 84.2 Å².